The van der Waals surface area contributed by atoms with Gasteiger partial charge >= 0.3 is 0 Å². The largest absolute Gasteiger partial charge is 0.296 e. The van der Waals surface area contributed by atoms with Gasteiger partial charge < -0.3 is 0 Å². The minimum atomic E-state index is 0.901. The second-order valence-corrected chi connectivity index (χ2v) is 8.57. The average molecular weight is 391 g/mol. The molecule has 0 atom stereocenters. The van der Waals surface area contributed by atoms with E-state index in [1.165, 1.54) is 55.5 Å². The Bertz CT molecular complexity index is 1500. The van der Waals surface area contributed by atoms with Gasteiger partial charge in [0.15, 0.2) is 6.20 Å². The van der Waals surface area contributed by atoms with Crippen molar-refractivity contribution in [2.45, 2.75) is 27.2 Å². The zero-order valence-electron chi connectivity index (χ0n) is 17.8. The summed E-state index contributed by atoms with van der Waals surface area (Å²) < 4.78 is 4.61. The third-order valence-corrected chi connectivity index (χ3v) is 6.76. The van der Waals surface area contributed by atoms with Crippen LogP contribution in [0.1, 0.15) is 28.1 Å². The molecule has 30 heavy (non-hydrogen) atoms. The van der Waals surface area contributed by atoms with Crippen LogP contribution < -0.4 is 4.57 Å². The van der Waals surface area contributed by atoms with E-state index in [9.17, 15) is 0 Å². The summed E-state index contributed by atoms with van der Waals surface area (Å²) in [5, 5.41) is 2.58. The zero-order valence-corrected chi connectivity index (χ0v) is 17.8. The third-order valence-electron chi connectivity index (χ3n) is 6.76. The highest BCUT2D eigenvalue weighted by molar-refractivity contribution is 5.95. The van der Waals surface area contributed by atoms with E-state index in [4.69, 9.17) is 4.98 Å². The van der Waals surface area contributed by atoms with Crippen molar-refractivity contribution in [2.75, 3.05) is 0 Å². The maximum Gasteiger partial charge on any atom is 0.220 e. The Morgan fingerprint density at radius 3 is 2.63 bits per heavy atom. The Morgan fingerprint density at radius 2 is 1.77 bits per heavy atom. The van der Waals surface area contributed by atoms with Gasteiger partial charge in [-0.1, -0.05) is 29.8 Å². The molecule has 1 aliphatic rings. The molecule has 3 aromatic carbocycles. The number of fused-ring (bicyclic) bond motifs is 6. The van der Waals surface area contributed by atoms with Gasteiger partial charge in [-0.2, -0.15) is 0 Å². The predicted molar refractivity (Wildman–Crippen MR) is 122 cm³/mol. The van der Waals surface area contributed by atoms with Crippen LogP contribution in [-0.2, 0) is 13.5 Å². The highest BCUT2D eigenvalue weighted by Crippen LogP contribution is 2.40. The van der Waals surface area contributed by atoms with E-state index in [-0.39, 0.29) is 0 Å². The maximum absolute atomic E-state index is 4.92. The van der Waals surface area contributed by atoms with Gasteiger partial charge in [-0.25, -0.2) is 9.55 Å². The molecule has 3 nitrogen and oxygen atoms in total. The molecule has 0 radical (unpaired) electrons. The SMILES string of the molecule is Cc1ccc2c(-c3cc4c(c(C)c3C)Cc3nc5ccccc5n3-4)[n+](C)ccc2c1. The lowest BCUT2D eigenvalue weighted by Gasteiger charge is -2.15. The van der Waals surface area contributed by atoms with Crippen LogP contribution >= 0.6 is 0 Å². The van der Waals surface area contributed by atoms with Crippen LogP contribution in [-0.4, -0.2) is 9.55 Å². The topological polar surface area (TPSA) is 21.7 Å². The van der Waals surface area contributed by atoms with Crippen molar-refractivity contribution in [3.63, 3.8) is 0 Å². The molecular weight excluding hydrogens is 366 g/mol. The van der Waals surface area contributed by atoms with Crippen LogP contribution in [0, 0.1) is 20.8 Å². The second kappa shape index (κ2) is 6.02. The number of nitrogens with zero attached hydrogens (tertiary/aromatic N) is 3. The van der Waals surface area contributed by atoms with Gasteiger partial charge in [0.2, 0.25) is 5.69 Å². The Hall–Kier alpha value is -3.46. The summed E-state index contributed by atoms with van der Waals surface area (Å²) in [5.74, 6) is 1.14. The Kier molecular flexibility index (Phi) is 3.49. The molecule has 0 saturated carbocycles. The highest BCUT2D eigenvalue weighted by atomic mass is 15.1. The van der Waals surface area contributed by atoms with E-state index >= 15 is 0 Å². The third kappa shape index (κ3) is 2.26. The number of aryl methyl sites for hydroxylation is 2. The van der Waals surface area contributed by atoms with Gasteiger partial charge in [-0.15, -0.1) is 0 Å². The van der Waals surface area contributed by atoms with E-state index in [1.807, 2.05) is 0 Å². The number of aromatic nitrogens is 3. The summed E-state index contributed by atoms with van der Waals surface area (Å²) in [7, 11) is 2.15. The van der Waals surface area contributed by atoms with Crippen LogP contribution in [0.15, 0.2) is 60.8 Å². The molecule has 3 heteroatoms. The van der Waals surface area contributed by atoms with Crippen LogP contribution in [0.4, 0.5) is 0 Å². The number of rotatable bonds is 1. The molecule has 0 saturated heterocycles. The lowest BCUT2D eigenvalue weighted by Crippen LogP contribution is -2.31. The standard InChI is InChI=1S/C27H24N3/c1-16-9-10-20-19(13-16)11-12-29(4)27(20)22-14-25-21(17(2)18(22)3)15-26-28-23-7-5-6-8-24(23)30(25)26/h5-14H,15H2,1-4H3/q+1. The van der Waals surface area contributed by atoms with Gasteiger partial charge in [-0.05, 0) is 67.1 Å². The molecule has 0 amide bonds. The van der Waals surface area contributed by atoms with Crippen LogP contribution in [0.3, 0.4) is 0 Å². The summed E-state index contributed by atoms with van der Waals surface area (Å²) in [6.07, 6.45) is 3.08. The molecule has 146 valence electrons. The van der Waals surface area contributed by atoms with Crippen molar-refractivity contribution >= 4 is 21.8 Å². The van der Waals surface area contributed by atoms with E-state index in [0.29, 0.717) is 0 Å². The molecule has 3 heterocycles. The molecule has 0 aliphatic carbocycles. The summed E-state index contributed by atoms with van der Waals surface area (Å²) in [6, 6.07) is 19.8. The van der Waals surface area contributed by atoms with E-state index < -0.39 is 0 Å². The predicted octanol–water partition coefficient (Wildman–Crippen LogP) is 5.50. The Balaban J connectivity index is 1.69. The Labute approximate surface area is 176 Å². The molecule has 0 unspecified atom stereocenters. The fourth-order valence-electron chi connectivity index (χ4n) is 5.07. The first-order valence-corrected chi connectivity index (χ1v) is 10.5. The number of hydrogen-bond donors (Lipinski definition) is 0. The van der Waals surface area contributed by atoms with Crippen LogP contribution in [0.25, 0.3) is 38.8 Å². The van der Waals surface area contributed by atoms with Gasteiger partial charge in [0, 0.05) is 12.5 Å². The first-order chi connectivity index (χ1) is 14.5. The van der Waals surface area contributed by atoms with Crippen LogP contribution in [0.5, 0.6) is 0 Å². The van der Waals surface area contributed by atoms with E-state index in [2.05, 4.69) is 97.7 Å². The van der Waals surface area contributed by atoms with Gasteiger partial charge in [0.05, 0.1) is 27.7 Å². The van der Waals surface area contributed by atoms with Crippen molar-refractivity contribution < 1.29 is 4.57 Å². The van der Waals surface area contributed by atoms with Crippen molar-refractivity contribution in [2.24, 2.45) is 7.05 Å². The minimum absolute atomic E-state index is 0.901. The molecule has 0 N–H and O–H groups in total. The van der Waals surface area contributed by atoms with Gasteiger partial charge in [0.1, 0.15) is 12.9 Å². The second-order valence-electron chi connectivity index (χ2n) is 8.57. The fraction of sp³-hybridized carbons (Fsp3) is 0.185. The minimum Gasteiger partial charge on any atom is -0.296 e. The number of imidazole rings is 1. The molecule has 5 aromatic rings. The number of pyridine rings is 1. The first kappa shape index (κ1) is 17.4. The molecular formula is C27H24N3+. The summed E-state index contributed by atoms with van der Waals surface area (Å²) in [4.78, 5) is 4.92. The molecule has 2 aromatic heterocycles. The molecule has 6 rings (SSSR count). The lowest BCUT2D eigenvalue weighted by molar-refractivity contribution is -0.659. The Morgan fingerprint density at radius 1 is 0.933 bits per heavy atom. The summed E-state index contributed by atoms with van der Waals surface area (Å²) in [5.41, 5.74) is 11.5. The highest BCUT2D eigenvalue weighted by Gasteiger charge is 2.28. The average Bonchev–Trinajstić information content (AvgIpc) is 3.27. The summed E-state index contributed by atoms with van der Waals surface area (Å²) in [6.45, 7) is 6.68. The van der Waals surface area contributed by atoms with Crippen molar-refractivity contribution in [1.29, 1.82) is 0 Å². The van der Waals surface area contributed by atoms with Crippen molar-refractivity contribution in [3.05, 3.63) is 88.9 Å². The normalized spacial score (nSPS) is 12.5. The monoisotopic (exact) mass is 390 g/mol. The van der Waals surface area contributed by atoms with Crippen LogP contribution in [0.2, 0.25) is 0 Å². The molecule has 0 bridgehead atoms. The smallest absolute Gasteiger partial charge is 0.220 e. The van der Waals surface area contributed by atoms with E-state index in [0.717, 1.165) is 17.8 Å². The van der Waals surface area contributed by atoms with Crippen molar-refractivity contribution in [1.82, 2.24) is 9.55 Å². The molecule has 0 fully saturated rings. The van der Waals surface area contributed by atoms with Gasteiger partial charge in [-0.3, -0.25) is 4.57 Å². The quantitative estimate of drug-likeness (QED) is 0.340. The number of para-hydroxylation sites is 2. The first-order valence-electron chi connectivity index (χ1n) is 10.5. The fourth-order valence-corrected chi connectivity index (χ4v) is 5.07. The summed E-state index contributed by atoms with van der Waals surface area (Å²) >= 11 is 0. The molecule has 1 aliphatic heterocycles. The zero-order chi connectivity index (χ0) is 20.6. The number of benzene rings is 3. The number of hydrogen-bond acceptors (Lipinski definition) is 1. The van der Waals surface area contributed by atoms with Crippen molar-refractivity contribution in [3.8, 4) is 16.9 Å². The van der Waals surface area contributed by atoms with Gasteiger partial charge in [0.25, 0.3) is 0 Å². The molecule has 0 spiro atoms. The maximum atomic E-state index is 4.92. The lowest BCUT2D eigenvalue weighted by atomic mass is 9.91. The van der Waals surface area contributed by atoms with E-state index in [1.54, 1.807) is 0 Å².